The van der Waals surface area contributed by atoms with Crippen LogP contribution in [0.15, 0.2) is 34.2 Å². The zero-order chi connectivity index (χ0) is 9.38. The van der Waals surface area contributed by atoms with Crippen LogP contribution in [0.3, 0.4) is 0 Å². The molecule has 0 radical (unpaired) electrons. The van der Waals surface area contributed by atoms with Crippen molar-refractivity contribution in [2.24, 2.45) is 0 Å². The number of hydrogen-bond acceptors (Lipinski definition) is 5. The van der Waals surface area contributed by atoms with Crippen molar-refractivity contribution >= 4 is 22.4 Å². The highest BCUT2D eigenvalue weighted by molar-refractivity contribution is 7.12. The molecule has 0 aliphatic heterocycles. The highest BCUT2D eigenvalue weighted by atomic mass is 32.1. The van der Waals surface area contributed by atoms with Crippen molar-refractivity contribution in [3.63, 3.8) is 0 Å². The van der Waals surface area contributed by atoms with Crippen molar-refractivity contribution in [3.05, 3.63) is 29.8 Å². The molecule has 0 aliphatic carbocycles. The molecule has 0 saturated carbocycles. The maximum atomic E-state index is 5.51. The molecule has 0 spiro atoms. The summed E-state index contributed by atoms with van der Waals surface area (Å²) < 4.78 is 5.51. The van der Waals surface area contributed by atoms with Crippen molar-refractivity contribution in [2.45, 2.75) is 0 Å². The average molecular weight is 203 g/mol. The van der Waals surface area contributed by atoms with Gasteiger partial charge < -0.3 is 4.42 Å². The largest absolute Gasteiger partial charge is 0.434 e. The fourth-order valence-corrected chi connectivity index (χ4v) is 1.71. The van der Waals surface area contributed by atoms with Crippen LogP contribution in [0.25, 0.3) is 22.0 Å². The zero-order valence-electron chi connectivity index (χ0n) is 7.04. The third-order valence-electron chi connectivity index (χ3n) is 1.84. The molecule has 2 aromatic heterocycles. The molecule has 1 aromatic carbocycles. The molecule has 0 N–H and O–H groups in total. The van der Waals surface area contributed by atoms with Crippen molar-refractivity contribution in [1.29, 1.82) is 0 Å². The standard InChI is InChI=1S/C9H5N3OS/c1-2-4-7-6(3-1)11-8(13-7)9-12-10-5-14-9/h1-5H. The molecule has 0 unspecified atom stereocenters. The Bertz CT molecular complexity index is 525. The molecule has 68 valence electrons. The zero-order valence-corrected chi connectivity index (χ0v) is 7.86. The van der Waals surface area contributed by atoms with Gasteiger partial charge in [-0.1, -0.05) is 23.5 Å². The van der Waals surface area contributed by atoms with E-state index in [0.29, 0.717) is 10.9 Å². The van der Waals surface area contributed by atoms with Crippen LogP contribution in [-0.2, 0) is 0 Å². The number of aromatic nitrogens is 3. The average Bonchev–Trinajstić information content (AvgIpc) is 2.86. The van der Waals surface area contributed by atoms with Gasteiger partial charge in [0.15, 0.2) is 5.58 Å². The Morgan fingerprint density at radius 1 is 1.21 bits per heavy atom. The molecule has 0 saturated heterocycles. The number of fused-ring (bicyclic) bond motifs is 1. The first kappa shape index (κ1) is 7.64. The van der Waals surface area contributed by atoms with Crippen LogP contribution >= 0.6 is 11.3 Å². The van der Waals surface area contributed by atoms with E-state index in [2.05, 4.69) is 15.2 Å². The van der Waals surface area contributed by atoms with Gasteiger partial charge in [-0.3, -0.25) is 0 Å². The molecular formula is C9H5N3OS. The van der Waals surface area contributed by atoms with E-state index < -0.39 is 0 Å². The molecule has 0 fully saturated rings. The number of rotatable bonds is 1. The number of nitrogens with zero attached hydrogens (tertiary/aromatic N) is 3. The summed E-state index contributed by atoms with van der Waals surface area (Å²) in [5.74, 6) is 0.536. The van der Waals surface area contributed by atoms with Gasteiger partial charge >= 0.3 is 0 Å². The quantitative estimate of drug-likeness (QED) is 0.609. The molecule has 0 aliphatic rings. The first-order valence-electron chi connectivity index (χ1n) is 4.05. The molecule has 0 amide bonds. The molecule has 14 heavy (non-hydrogen) atoms. The van der Waals surface area contributed by atoms with E-state index >= 15 is 0 Å². The molecule has 0 bridgehead atoms. The second kappa shape index (κ2) is 2.88. The van der Waals surface area contributed by atoms with E-state index in [1.54, 1.807) is 5.51 Å². The summed E-state index contributed by atoms with van der Waals surface area (Å²) in [4.78, 5) is 4.30. The predicted octanol–water partition coefficient (Wildman–Crippen LogP) is 2.35. The highest BCUT2D eigenvalue weighted by Crippen LogP contribution is 2.24. The van der Waals surface area contributed by atoms with E-state index in [9.17, 15) is 0 Å². The van der Waals surface area contributed by atoms with Crippen LogP contribution in [0, 0.1) is 0 Å². The molecule has 3 rings (SSSR count). The van der Waals surface area contributed by atoms with Crippen LogP contribution in [0.5, 0.6) is 0 Å². The number of oxazole rings is 1. The summed E-state index contributed by atoms with van der Waals surface area (Å²) in [7, 11) is 0. The monoisotopic (exact) mass is 203 g/mol. The summed E-state index contributed by atoms with van der Waals surface area (Å²) in [6, 6.07) is 7.63. The van der Waals surface area contributed by atoms with Gasteiger partial charge in [0.25, 0.3) is 5.89 Å². The number of benzene rings is 1. The summed E-state index contributed by atoms with van der Waals surface area (Å²) in [6.45, 7) is 0. The number of para-hydroxylation sites is 2. The first-order chi connectivity index (χ1) is 6.93. The Morgan fingerprint density at radius 3 is 2.93 bits per heavy atom. The Morgan fingerprint density at radius 2 is 2.14 bits per heavy atom. The predicted molar refractivity (Wildman–Crippen MR) is 52.9 cm³/mol. The van der Waals surface area contributed by atoms with Gasteiger partial charge in [0.05, 0.1) is 0 Å². The summed E-state index contributed by atoms with van der Waals surface area (Å²) in [5.41, 5.74) is 3.28. The lowest BCUT2D eigenvalue weighted by molar-refractivity contribution is 0.618. The van der Waals surface area contributed by atoms with Gasteiger partial charge in [-0.15, -0.1) is 10.2 Å². The van der Waals surface area contributed by atoms with Gasteiger partial charge in [-0.25, -0.2) is 4.98 Å². The van der Waals surface area contributed by atoms with Crippen molar-refractivity contribution in [2.75, 3.05) is 0 Å². The van der Waals surface area contributed by atoms with Crippen LogP contribution < -0.4 is 0 Å². The van der Waals surface area contributed by atoms with Gasteiger partial charge in [0, 0.05) is 0 Å². The Hall–Kier alpha value is -1.75. The maximum absolute atomic E-state index is 5.51. The maximum Gasteiger partial charge on any atom is 0.258 e. The molecule has 5 heteroatoms. The van der Waals surface area contributed by atoms with Crippen LogP contribution in [0.2, 0.25) is 0 Å². The normalized spacial score (nSPS) is 10.9. The molecule has 2 heterocycles. The fourth-order valence-electron chi connectivity index (χ4n) is 1.23. The highest BCUT2D eigenvalue weighted by Gasteiger charge is 2.09. The lowest BCUT2D eigenvalue weighted by Gasteiger charge is -1.81. The Kier molecular flexibility index (Phi) is 1.57. The van der Waals surface area contributed by atoms with Gasteiger partial charge in [-0.05, 0) is 12.1 Å². The van der Waals surface area contributed by atoms with Crippen LogP contribution in [-0.4, -0.2) is 15.2 Å². The smallest absolute Gasteiger partial charge is 0.258 e. The first-order valence-corrected chi connectivity index (χ1v) is 4.93. The van der Waals surface area contributed by atoms with E-state index in [4.69, 9.17) is 4.42 Å². The van der Waals surface area contributed by atoms with E-state index in [1.807, 2.05) is 24.3 Å². The Labute approximate surface area is 83.2 Å². The third kappa shape index (κ3) is 1.10. The van der Waals surface area contributed by atoms with Crippen molar-refractivity contribution in [3.8, 4) is 10.9 Å². The van der Waals surface area contributed by atoms with E-state index in [-0.39, 0.29) is 0 Å². The lowest BCUT2D eigenvalue weighted by atomic mass is 10.3. The third-order valence-corrected chi connectivity index (χ3v) is 2.52. The molecule has 3 aromatic rings. The van der Waals surface area contributed by atoms with Gasteiger partial charge in [0.2, 0.25) is 5.01 Å². The summed E-state index contributed by atoms with van der Waals surface area (Å²) >= 11 is 1.41. The molecule has 0 atom stereocenters. The van der Waals surface area contributed by atoms with E-state index in [1.165, 1.54) is 11.3 Å². The molecule has 4 nitrogen and oxygen atoms in total. The second-order valence-corrected chi connectivity index (χ2v) is 3.56. The summed E-state index contributed by atoms with van der Waals surface area (Å²) in [5, 5.41) is 8.34. The van der Waals surface area contributed by atoms with Crippen molar-refractivity contribution in [1.82, 2.24) is 15.2 Å². The van der Waals surface area contributed by atoms with Crippen molar-refractivity contribution < 1.29 is 4.42 Å². The topological polar surface area (TPSA) is 51.8 Å². The lowest BCUT2D eigenvalue weighted by Crippen LogP contribution is -1.74. The Balaban J connectivity index is 2.24. The minimum atomic E-state index is 0.536. The van der Waals surface area contributed by atoms with E-state index in [0.717, 1.165) is 11.1 Å². The summed E-state index contributed by atoms with van der Waals surface area (Å²) in [6.07, 6.45) is 0. The SMILES string of the molecule is c1ccc2oc(-c3nncs3)nc2c1. The van der Waals surface area contributed by atoms with Crippen LogP contribution in [0.1, 0.15) is 0 Å². The van der Waals surface area contributed by atoms with Gasteiger partial charge in [-0.2, -0.15) is 0 Å². The minimum Gasteiger partial charge on any atom is -0.434 e. The number of hydrogen-bond donors (Lipinski definition) is 0. The fraction of sp³-hybridized carbons (Fsp3) is 0. The van der Waals surface area contributed by atoms with Crippen LogP contribution in [0.4, 0.5) is 0 Å². The second-order valence-electron chi connectivity index (χ2n) is 2.73. The van der Waals surface area contributed by atoms with Gasteiger partial charge in [0.1, 0.15) is 11.0 Å². The minimum absolute atomic E-state index is 0.536. The molecular weight excluding hydrogens is 198 g/mol.